The van der Waals surface area contributed by atoms with E-state index in [1.54, 1.807) is 0 Å². The molecular weight excluding hydrogens is 158 g/mol. The Labute approximate surface area is 83.0 Å². The Kier molecular flexibility index (Phi) is 10.9. The van der Waals surface area contributed by atoms with Gasteiger partial charge in [-0.2, -0.15) is 0 Å². The lowest BCUT2D eigenvalue weighted by Gasteiger charge is -1.96. The lowest BCUT2D eigenvalue weighted by molar-refractivity contribution is 0.611. The van der Waals surface area contributed by atoms with Gasteiger partial charge in [0.2, 0.25) is 0 Å². The number of unbranched alkanes of at least 4 members (excludes halogenated alkanes) is 6. The number of aliphatic imine (C=N–C) groups is 1. The number of nitrogens with zero attached hydrogens (tertiary/aromatic N) is 1. The van der Waals surface area contributed by atoms with Gasteiger partial charge in [-0.05, 0) is 19.8 Å². The van der Waals surface area contributed by atoms with Crippen LogP contribution >= 0.6 is 0 Å². The van der Waals surface area contributed by atoms with Crippen LogP contribution < -0.4 is 0 Å². The molecule has 0 aliphatic heterocycles. The normalized spacial score (nSPS) is 11.8. The summed E-state index contributed by atoms with van der Waals surface area (Å²) >= 11 is 0. The number of hydrogen-bond donors (Lipinski definition) is 0. The summed E-state index contributed by atoms with van der Waals surface area (Å²) in [6.07, 6.45) is 15.3. The van der Waals surface area contributed by atoms with Crippen molar-refractivity contribution < 1.29 is 0 Å². The summed E-state index contributed by atoms with van der Waals surface area (Å²) in [5.74, 6) is 0. The second-order valence-corrected chi connectivity index (χ2v) is 3.35. The van der Waals surface area contributed by atoms with Crippen LogP contribution in [0.3, 0.4) is 0 Å². The van der Waals surface area contributed by atoms with Crippen molar-refractivity contribution in [3.63, 3.8) is 0 Å². The molecule has 0 aromatic rings. The van der Waals surface area contributed by atoms with E-state index in [-0.39, 0.29) is 0 Å². The Hall–Kier alpha value is -0.590. The van der Waals surface area contributed by atoms with E-state index in [2.05, 4.69) is 18.0 Å². The van der Waals surface area contributed by atoms with Crippen molar-refractivity contribution in [2.24, 2.45) is 4.99 Å². The van der Waals surface area contributed by atoms with Gasteiger partial charge in [-0.1, -0.05) is 45.1 Å². The quantitative estimate of drug-likeness (QED) is 0.390. The van der Waals surface area contributed by atoms with Crippen molar-refractivity contribution in [1.82, 2.24) is 0 Å². The third-order valence-corrected chi connectivity index (χ3v) is 2.06. The highest BCUT2D eigenvalue weighted by Crippen LogP contribution is 2.06. The Morgan fingerprint density at radius 3 is 2.38 bits per heavy atom. The molecule has 0 aliphatic carbocycles. The van der Waals surface area contributed by atoms with Crippen molar-refractivity contribution >= 4 is 6.21 Å². The maximum Gasteiger partial charge on any atom is 0.0223 e. The van der Waals surface area contributed by atoms with E-state index in [1.165, 1.54) is 44.9 Å². The van der Waals surface area contributed by atoms with Crippen LogP contribution in [0.2, 0.25) is 0 Å². The Morgan fingerprint density at radius 1 is 1.00 bits per heavy atom. The maximum atomic E-state index is 4.01. The van der Waals surface area contributed by atoms with E-state index < -0.39 is 0 Å². The maximum absolute atomic E-state index is 4.01. The van der Waals surface area contributed by atoms with E-state index in [0.29, 0.717) is 0 Å². The second kappa shape index (κ2) is 11.4. The van der Waals surface area contributed by atoms with Gasteiger partial charge in [0.25, 0.3) is 0 Å². The summed E-state index contributed by atoms with van der Waals surface area (Å²) in [6.45, 7) is 4.20. The van der Waals surface area contributed by atoms with Crippen molar-refractivity contribution in [3.05, 3.63) is 12.3 Å². The van der Waals surface area contributed by atoms with Gasteiger partial charge < -0.3 is 0 Å². The van der Waals surface area contributed by atoms with E-state index in [4.69, 9.17) is 0 Å². The van der Waals surface area contributed by atoms with Gasteiger partial charge in [-0.15, -0.1) is 0 Å². The fourth-order valence-electron chi connectivity index (χ4n) is 1.26. The SMILES string of the molecule is CC=NC=CCCCCCCCC. The van der Waals surface area contributed by atoms with E-state index in [9.17, 15) is 0 Å². The molecule has 13 heavy (non-hydrogen) atoms. The van der Waals surface area contributed by atoms with Crippen LogP contribution in [0, 0.1) is 0 Å². The molecule has 0 aromatic heterocycles. The predicted octanol–water partition coefficient (Wildman–Crippen LogP) is 4.34. The van der Waals surface area contributed by atoms with Crippen molar-refractivity contribution in [2.75, 3.05) is 0 Å². The molecule has 0 aromatic carbocycles. The molecule has 0 fully saturated rings. The first-order valence-electron chi connectivity index (χ1n) is 5.54. The number of allylic oxidation sites excluding steroid dienone is 1. The van der Waals surface area contributed by atoms with Crippen LogP contribution in [0.4, 0.5) is 0 Å². The first kappa shape index (κ1) is 12.4. The monoisotopic (exact) mass is 181 g/mol. The van der Waals surface area contributed by atoms with E-state index in [0.717, 1.165) is 0 Å². The second-order valence-electron chi connectivity index (χ2n) is 3.35. The smallest absolute Gasteiger partial charge is 0.0223 e. The number of rotatable bonds is 8. The molecule has 0 heterocycles. The molecule has 1 nitrogen and oxygen atoms in total. The lowest BCUT2D eigenvalue weighted by Crippen LogP contribution is -1.77. The average molecular weight is 181 g/mol. The molecule has 1 heteroatoms. The molecule has 0 rings (SSSR count). The van der Waals surface area contributed by atoms with Gasteiger partial charge in [-0.3, -0.25) is 4.99 Å². The van der Waals surface area contributed by atoms with Crippen LogP contribution in [-0.4, -0.2) is 6.21 Å². The molecule has 0 bridgehead atoms. The Balaban J connectivity index is 2.99. The first-order chi connectivity index (χ1) is 6.41. The fraction of sp³-hybridized carbons (Fsp3) is 0.750. The van der Waals surface area contributed by atoms with Crippen molar-refractivity contribution in [3.8, 4) is 0 Å². The third-order valence-electron chi connectivity index (χ3n) is 2.06. The van der Waals surface area contributed by atoms with Crippen molar-refractivity contribution in [1.29, 1.82) is 0 Å². The summed E-state index contributed by atoms with van der Waals surface area (Å²) in [6, 6.07) is 0. The largest absolute Gasteiger partial charge is 0.270 e. The van der Waals surface area contributed by atoms with Crippen LogP contribution in [-0.2, 0) is 0 Å². The zero-order valence-corrected chi connectivity index (χ0v) is 9.13. The zero-order chi connectivity index (χ0) is 9.78. The molecule has 0 unspecified atom stereocenters. The summed E-state index contributed by atoms with van der Waals surface area (Å²) in [5, 5.41) is 0. The average Bonchev–Trinajstić information content (AvgIpc) is 2.16. The van der Waals surface area contributed by atoms with Gasteiger partial charge >= 0.3 is 0 Å². The highest BCUT2D eigenvalue weighted by atomic mass is 14.6. The van der Waals surface area contributed by atoms with Crippen LogP contribution in [0.1, 0.15) is 58.8 Å². The molecule has 0 atom stereocenters. The minimum atomic E-state index is 1.18. The molecule has 0 spiro atoms. The standard InChI is InChI=1S/C12H23N/c1-3-5-6-7-8-9-10-11-12-13-4-2/h4,11-12H,3,5-10H2,1-2H3. The molecule has 0 radical (unpaired) electrons. The third kappa shape index (κ3) is 11.4. The van der Waals surface area contributed by atoms with Gasteiger partial charge in [0.15, 0.2) is 0 Å². The lowest BCUT2D eigenvalue weighted by atomic mass is 10.1. The van der Waals surface area contributed by atoms with Crippen LogP contribution in [0.15, 0.2) is 17.3 Å². The first-order valence-corrected chi connectivity index (χ1v) is 5.54. The van der Waals surface area contributed by atoms with Gasteiger partial charge in [0.05, 0.1) is 0 Å². The van der Waals surface area contributed by atoms with E-state index in [1.807, 2.05) is 19.3 Å². The molecule has 76 valence electrons. The minimum Gasteiger partial charge on any atom is -0.270 e. The number of hydrogen-bond acceptors (Lipinski definition) is 1. The summed E-state index contributed by atoms with van der Waals surface area (Å²) < 4.78 is 0. The van der Waals surface area contributed by atoms with E-state index >= 15 is 0 Å². The minimum absolute atomic E-state index is 1.18. The molecule has 0 saturated heterocycles. The highest BCUT2D eigenvalue weighted by Gasteiger charge is 1.87. The zero-order valence-electron chi connectivity index (χ0n) is 9.13. The molecular formula is C12H23N. The molecule has 0 aliphatic rings. The summed E-state index contributed by atoms with van der Waals surface area (Å²) in [4.78, 5) is 4.01. The van der Waals surface area contributed by atoms with Crippen LogP contribution in [0.5, 0.6) is 0 Å². The Morgan fingerprint density at radius 2 is 1.69 bits per heavy atom. The Bertz CT molecular complexity index is 136. The van der Waals surface area contributed by atoms with Crippen molar-refractivity contribution in [2.45, 2.75) is 58.8 Å². The predicted molar refractivity (Wildman–Crippen MR) is 61.3 cm³/mol. The summed E-state index contributed by atoms with van der Waals surface area (Å²) in [7, 11) is 0. The molecule has 0 N–H and O–H groups in total. The molecule has 0 amide bonds. The highest BCUT2D eigenvalue weighted by molar-refractivity contribution is 5.54. The fourth-order valence-corrected chi connectivity index (χ4v) is 1.26. The van der Waals surface area contributed by atoms with Gasteiger partial charge in [0.1, 0.15) is 0 Å². The topological polar surface area (TPSA) is 12.4 Å². The van der Waals surface area contributed by atoms with Gasteiger partial charge in [-0.25, -0.2) is 0 Å². The van der Waals surface area contributed by atoms with Crippen LogP contribution in [0.25, 0.3) is 0 Å². The van der Waals surface area contributed by atoms with Gasteiger partial charge in [0, 0.05) is 12.4 Å². The summed E-state index contributed by atoms with van der Waals surface area (Å²) in [5.41, 5.74) is 0. The molecule has 0 saturated carbocycles.